The molecule has 4 N–H and O–H groups in total. The Morgan fingerprint density at radius 2 is 0.486 bits per heavy atom. The molecule has 14 rings (SSSR count). The smallest absolute Gasteiger partial charge is 0.0251 e. The molecule has 18 heteroatoms. The van der Waals surface area contributed by atoms with Crippen molar-refractivity contribution in [3.05, 3.63) is 12.2 Å². The fraction of sp³-hybridized carbons (Fsp3) is 0.984. The summed E-state index contributed by atoms with van der Waals surface area (Å²) in [5, 5.41) is 14.7. The standard InChI is InChI=1S/C14H28N2.2C14H30N2.C13H26N2.C13H27N.C13H25N.C12H24N2.C12H26N2.C11H22N2.C10H22N2/c1-11(2)15-7-5-13-6-8-16(12(3)4)10-14(13)9-15;2*1-11(2)15(5)13-9-7-8-10-14(13)16(6)12(3)4;1-10(2)14-6-5-12-7-15(11(3)4)9-13(12)8-14;2*1-10(2)9-12-7-5-6-8-13(12)14-11(3)4;1-9(2)13-5-11-7-14(10(3)4)8-12(11)6-13;1-9(2)13-11-5-7-12(8-6-11)14-10(3)4;1-8(2)12-6-11-5-10(12)7-13(11)9(3)4;1-9(2)11-5-7-12(8-6-11)10(3)4/h11-14H,5-10H2,1-4H3;2*11-14H,7-10H2,1-6H3;10-13H,5-9H2,1-4H3;10-14H,5-9H2,1-4H3;5-6,10-14H,7-9H2,1-4H3;9-12H,5-8H2,1-4H3;9-14H,5-8H2,1-4H3;8-11H,5-7H2,1-4H3;9-10H,5-8H2,1-4H3/t;2*13-,14-;;2*12-,13+;;;;/m.10.11..../s1. The van der Waals surface area contributed by atoms with Crippen molar-refractivity contribution < 1.29 is 0 Å². The van der Waals surface area contributed by atoms with E-state index in [1.54, 1.807) is 0 Å². The lowest BCUT2D eigenvalue weighted by molar-refractivity contribution is 0.0187. The predicted octanol–water partition coefficient (Wildman–Crippen LogP) is 24.4. The molecule has 0 aromatic rings. The number of nitrogens with zero attached hydrogens (tertiary/aromatic N) is 14. The molecule has 0 radical (unpaired) electrons. The summed E-state index contributed by atoms with van der Waals surface area (Å²) in [6.07, 6.45) is 37.8. The van der Waals surface area contributed by atoms with Gasteiger partial charge in [0.2, 0.25) is 0 Å². The Hall–Kier alpha value is -0.980. The molecule has 0 aromatic carbocycles. The Morgan fingerprint density at radius 1 is 0.229 bits per heavy atom. The molecule has 854 valence electrons. The van der Waals surface area contributed by atoms with Gasteiger partial charge in [-0.25, -0.2) is 0 Å². The van der Waals surface area contributed by atoms with Gasteiger partial charge in [0.15, 0.2) is 0 Å². The van der Waals surface area contributed by atoms with Crippen LogP contribution in [0.4, 0.5) is 0 Å². The number of hydrogen-bond acceptors (Lipinski definition) is 18. The summed E-state index contributed by atoms with van der Waals surface area (Å²) >= 11 is 0. The molecule has 14 aliphatic rings. The van der Waals surface area contributed by atoms with Crippen molar-refractivity contribution >= 4 is 0 Å². The maximum absolute atomic E-state index is 3.74. The Kier molecular flexibility index (Phi) is 63.5. The molecule has 18 nitrogen and oxygen atoms in total. The number of fused-ring (bicyclic) bond motifs is 5. The maximum Gasteiger partial charge on any atom is 0.0251 e. The quantitative estimate of drug-likeness (QED) is 0.0514. The van der Waals surface area contributed by atoms with Crippen LogP contribution in [0.15, 0.2) is 12.2 Å². The van der Waals surface area contributed by atoms with Crippen molar-refractivity contribution in [1.82, 2.24) is 89.9 Å². The lowest BCUT2D eigenvalue weighted by atomic mass is 9.79. The molecule has 12 atom stereocenters. The number of allylic oxidation sites excluding steroid dienone is 1. The van der Waals surface area contributed by atoms with Crippen LogP contribution < -0.4 is 21.3 Å². The van der Waals surface area contributed by atoms with Gasteiger partial charge in [0.05, 0.1) is 0 Å². The van der Waals surface area contributed by atoms with Gasteiger partial charge in [0, 0.05) is 267 Å². The Bertz CT molecular complexity index is 2960. The fourth-order valence-corrected chi connectivity index (χ4v) is 27.3. The van der Waals surface area contributed by atoms with Crippen molar-refractivity contribution in [1.29, 1.82) is 0 Å². The second kappa shape index (κ2) is 68.5. The zero-order valence-electron chi connectivity index (χ0n) is 105. The number of rotatable bonds is 30. The molecule has 13 fully saturated rings. The van der Waals surface area contributed by atoms with Crippen molar-refractivity contribution in [2.75, 3.05) is 146 Å². The number of hydrogen-bond donors (Lipinski definition) is 4. The summed E-state index contributed by atoms with van der Waals surface area (Å²) < 4.78 is 0. The highest BCUT2D eigenvalue weighted by atomic mass is 15.4. The van der Waals surface area contributed by atoms with Gasteiger partial charge >= 0.3 is 0 Å². The van der Waals surface area contributed by atoms with Crippen molar-refractivity contribution in [3.63, 3.8) is 0 Å². The SMILES string of the molecule is CC(C)C[C@H]1CC=CC[C@@H]1NC(C)C.CC(C)C[C@H]1CCCC[C@@H]1NC(C)C.CC(C)N(C)[C@@H]1CCCC[C@H]1N(C)C(C)C.CC(C)N(C)[C@H]1CCCC[C@@H]1N(C)C(C)C.CC(C)N1CC2CC1CN2C(C)C.CC(C)N1CC2CN(C(C)C)CC2C1.CC(C)N1CCC2CCN(C(C)C)CC2C1.CC(C)N1CCC2CN(C(C)C)CC2C1.CC(C)N1CCN(C(C)C)CC1.CC(C)NC1CCC(NC(C)C)CC1. The molecule has 0 aromatic heterocycles. The summed E-state index contributed by atoms with van der Waals surface area (Å²) in [5.74, 6) is 9.27. The monoisotopic (exact) mass is 2030 g/mol. The number of likely N-dealkylation sites (tertiary alicyclic amines) is 8. The molecule has 144 heavy (non-hydrogen) atoms. The molecule has 4 unspecified atom stereocenters. The van der Waals surface area contributed by atoms with E-state index in [9.17, 15) is 0 Å². The molecule has 9 heterocycles. The van der Waals surface area contributed by atoms with Crippen LogP contribution in [0.3, 0.4) is 0 Å². The molecule has 0 spiro atoms. The van der Waals surface area contributed by atoms with Gasteiger partial charge in [-0.3, -0.25) is 39.2 Å². The van der Waals surface area contributed by atoms with Gasteiger partial charge in [-0.2, -0.15) is 0 Å². The first-order valence-corrected chi connectivity index (χ1v) is 62.6. The average molecular weight is 2030 g/mol. The largest absolute Gasteiger partial charge is 0.312 e. The first-order valence-electron chi connectivity index (χ1n) is 62.6. The van der Waals surface area contributed by atoms with Gasteiger partial charge in [-0.05, 0) is 416 Å². The predicted molar refractivity (Wildman–Crippen MR) is 637 cm³/mol. The van der Waals surface area contributed by atoms with Gasteiger partial charge in [-0.15, -0.1) is 0 Å². The molecule has 0 amide bonds. The van der Waals surface area contributed by atoms with Crippen LogP contribution in [-0.4, -0.2) is 384 Å². The second-order valence-corrected chi connectivity index (χ2v) is 55.1. The zero-order valence-corrected chi connectivity index (χ0v) is 105. The maximum atomic E-state index is 3.74. The van der Waals surface area contributed by atoms with Crippen LogP contribution in [-0.2, 0) is 0 Å². The van der Waals surface area contributed by atoms with E-state index >= 15 is 0 Å². The summed E-state index contributed by atoms with van der Waals surface area (Å²) in [6.45, 7) is 116. The zero-order chi connectivity index (χ0) is 108. The third-order valence-electron chi connectivity index (χ3n) is 37.1. The average Bonchev–Trinajstić information content (AvgIpc) is 1.62. The third-order valence-corrected chi connectivity index (χ3v) is 37.1. The summed E-state index contributed by atoms with van der Waals surface area (Å²) in [5.41, 5.74) is 0. The second-order valence-electron chi connectivity index (χ2n) is 55.1. The minimum atomic E-state index is 0.612. The fourth-order valence-electron chi connectivity index (χ4n) is 27.3. The van der Waals surface area contributed by atoms with Gasteiger partial charge < -0.3 is 50.7 Å². The van der Waals surface area contributed by atoms with Crippen molar-refractivity contribution in [2.24, 2.45) is 59.2 Å². The normalized spacial score (nSPS) is 30.1. The van der Waals surface area contributed by atoms with Crippen molar-refractivity contribution in [2.45, 2.75) is 600 Å². The van der Waals surface area contributed by atoms with E-state index in [0.717, 1.165) is 174 Å². The first-order chi connectivity index (χ1) is 67.6. The Morgan fingerprint density at radius 3 is 0.771 bits per heavy atom. The van der Waals surface area contributed by atoms with E-state index in [1.807, 2.05) is 0 Å². The topological polar surface area (TPSA) is 93.5 Å². The lowest BCUT2D eigenvalue weighted by Crippen LogP contribution is -2.54. The lowest BCUT2D eigenvalue weighted by Gasteiger charge is -2.47. The van der Waals surface area contributed by atoms with E-state index in [-0.39, 0.29) is 0 Å². The third kappa shape index (κ3) is 47.2. The van der Waals surface area contributed by atoms with Crippen LogP contribution in [0, 0.1) is 59.2 Å². The number of piperidine rings is 3. The van der Waals surface area contributed by atoms with Crippen LogP contribution >= 0.6 is 0 Å². The van der Waals surface area contributed by atoms with Crippen LogP contribution in [0.1, 0.15) is 431 Å². The highest BCUT2D eigenvalue weighted by Gasteiger charge is 2.47. The minimum absolute atomic E-state index is 0.612. The number of piperazine rings is 2. The molecule has 5 aliphatic carbocycles. The van der Waals surface area contributed by atoms with Crippen LogP contribution in [0.5, 0.6) is 0 Å². The molecule has 9 aliphatic heterocycles. The summed E-state index contributed by atoms with van der Waals surface area (Å²) in [6, 6.07) is 20.3. The van der Waals surface area contributed by atoms with Crippen molar-refractivity contribution in [3.8, 4) is 0 Å². The highest BCUT2D eigenvalue weighted by molar-refractivity contribution is 5.04. The first kappa shape index (κ1) is 133. The molecular formula is C126H260N18. The van der Waals surface area contributed by atoms with E-state index < -0.39 is 0 Å². The van der Waals surface area contributed by atoms with Gasteiger partial charge in [-0.1, -0.05) is 134 Å². The van der Waals surface area contributed by atoms with E-state index in [1.165, 1.54) is 272 Å². The Balaban J connectivity index is 0.000000282. The molecule has 9 saturated heterocycles. The molecule has 4 saturated carbocycles. The Labute approximate surface area is 901 Å². The van der Waals surface area contributed by atoms with E-state index in [2.05, 4.69) is 407 Å². The summed E-state index contributed by atoms with van der Waals surface area (Å²) in [7, 11) is 9.17. The summed E-state index contributed by atoms with van der Waals surface area (Å²) in [4.78, 5) is 36.7. The number of likely N-dealkylation sites (N-methyl/N-ethyl adjacent to an activating group) is 4. The van der Waals surface area contributed by atoms with Crippen LogP contribution in [0.25, 0.3) is 0 Å². The van der Waals surface area contributed by atoms with Crippen LogP contribution in [0.2, 0.25) is 0 Å². The van der Waals surface area contributed by atoms with E-state index in [4.69, 9.17) is 0 Å². The van der Waals surface area contributed by atoms with Gasteiger partial charge in [0.25, 0.3) is 0 Å². The minimum Gasteiger partial charge on any atom is -0.312 e. The number of nitrogens with one attached hydrogen (secondary N) is 4. The molecular weight excluding hydrogens is 1770 g/mol. The van der Waals surface area contributed by atoms with E-state index in [0.29, 0.717) is 54.4 Å². The van der Waals surface area contributed by atoms with Gasteiger partial charge in [0.1, 0.15) is 0 Å². The molecule has 2 bridgehead atoms. The highest BCUT2D eigenvalue weighted by Crippen LogP contribution is 2.40.